The van der Waals surface area contributed by atoms with E-state index in [2.05, 4.69) is 15.9 Å². The van der Waals surface area contributed by atoms with Crippen molar-refractivity contribution in [3.63, 3.8) is 0 Å². The van der Waals surface area contributed by atoms with E-state index in [-0.39, 0.29) is 12.0 Å². The zero-order chi connectivity index (χ0) is 10.0. The Hall–Kier alpha value is -0.170. The van der Waals surface area contributed by atoms with Gasteiger partial charge in [0.05, 0.1) is 9.99 Å². The highest BCUT2D eigenvalue weighted by Gasteiger charge is 2.10. The Balaban J connectivity index is 3.12. The molecule has 0 unspecified atom stereocenters. The van der Waals surface area contributed by atoms with Crippen LogP contribution in [0.1, 0.15) is 5.56 Å². The first-order valence-electron chi connectivity index (χ1n) is 3.36. The summed E-state index contributed by atoms with van der Waals surface area (Å²) < 4.78 is 14.4. The first kappa shape index (κ1) is 10.9. The molecule has 0 saturated carbocycles. The van der Waals surface area contributed by atoms with Crippen molar-refractivity contribution in [3.05, 3.63) is 31.6 Å². The van der Waals surface area contributed by atoms with Crippen LogP contribution in [0.5, 0.6) is 0 Å². The Bertz CT molecular complexity index is 354. The number of carboxylic acid groups (broad SMARTS) is 1. The van der Waals surface area contributed by atoms with E-state index in [1.807, 2.05) is 22.6 Å². The van der Waals surface area contributed by atoms with Crippen molar-refractivity contribution >= 4 is 44.5 Å². The van der Waals surface area contributed by atoms with Gasteiger partial charge in [0.25, 0.3) is 0 Å². The molecule has 0 heterocycles. The quantitative estimate of drug-likeness (QED) is 0.652. The SMILES string of the molecule is O=C(O)Cc1cc(Br)cc(I)c1F. The van der Waals surface area contributed by atoms with Gasteiger partial charge in [-0.15, -0.1) is 0 Å². The molecule has 0 radical (unpaired) electrons. The third-order valence-electron chi connectivity index (χ3n) is 1.41. The summed E-state index contributed by atoms with van der Waals surface area (Å²) in [4.78, 5) is 10.4. The lowest BCUT2D eigenvalue weighted by atomic mass is 10.1. The fraction of sp³-hybridized carbons (Fsp3) is 0.125. The van der Waals surface area contributed by atoms with Crippen LogP contribution in [0.4, 0.5) is 4.39 Å². The molecule has 13 heavy (non-hydrogen) atoms. The molecule has 0 aliphatic heterocycles. The van der Waals surface area contributed by atoms with Crippen LogP contribution in [0.15, 0.2) is 16.6 Å². The number of hydrogen-bond donors (Lipinski definition) is 1. The molecule has 0 aliphatic carbocycles. The summed E-state index contributed by atoms with van der Waals surface area (Å²) in [6.45, 7) is 0. The van der Waals surface area contributed by atoms with Crippen molar-refractivity contribution in [2.45, 2.75) is 6.42 Å². The smallest absolute Gasteiger partial charge is 0.307 e. The van der Waals surface area contributed by atoms with E-state index < -0.39 is 11.8 Å². The number of carbonyl (C=O) groups is 1. The zero-order valence-corrected chi connectivity index (χ0v) is 10.1. The summed E-state index contributed by atoms with van der Waals surface area (Å²) in [7, 11) is 0. The Morgan fingerprint density at radius 2 is 2.23 bits per heavy atom. The Labute approximate surface area is 96.4 Å². The number of aliphatic carboxylic acids is 1. The summed E-state index contributed by atoms with van der Waals surface area (Å²) in [5.41, 5.74) is 0.200. The van der Waals surface area contributed by atoms with Gasteiger partial charge < -0.3 is 5.11 Å². The van der Waals surface area contributed by atoms with E-state index >= 15 is 0 Å². The van der Waals surface area contributed by atoms with Gasteiger partial charge in [-0.05, 0) is 34.7 Å². The van der Waals surface area contributed by atoms with Crippen LogP contribution in [0.3, 0.4) is 0 Å². The third kappa shape index (κ3) is 2.91. The average Bonchev–Trinajstić information content (AvgIpc) is 1.98. The van der Waals surface area contributed by atoms with Gasteiger partial charge in [0.15, 0.2) is 0 Å². The van der Waals surface area contributed by atoms with E-state index in [0.29, 0.717) is 8.04 Å². The maximum absolute atomic E-state index is 13.3. The lowest BCUT2D eigenvalue weighted by Gasteiger charge is -2.02. The van der Waals surface area contributed by atoms with Gasteiger partial charge in [-0.1, -0.05) is 15.9 Å². The molecular formula is C8H5BrFIO2. The van der Waals surface area contributed by atoms with Crippen molar-refractivity contribution in [2.75, 3.05) is 0 Å². The number of hydrogen-bond acceptors (Lipinski definition) is 1. The maximum atomic E-state index is 13.3. The Kier molecular flexibility index (Phi) is 3.66. The molecule has 0 fully saturated rings. The van der Waals surface area contributed by atoms with Gasteiger partial charge in [0.1, 0.15) is 5.82 Å². The largest absolute Gasteiger partial charge is 0.481 e. The minimum absolute atomic E-state index is 0.200. The predicted octanol–water partition coefficient (Wildman–Crippen LogP) is 2.82. The van der Waals surface area contributed by atoms with Crippen molar-refractivity contribution < 1.29 is 14.3 Å². The summed E-state index contributed by atoms with van der Waals surface area (Å²) in [6.07, 6.45) is -0.290. The summed E-state index contributed by atoms with van der Waals surface area (Å²) in [5.74, 6) is -1.49. The van der Waals surface area contributed by atoms with Crippen LogP contribution in [-0.4, -0.2) is 11.1 Å². The van der Waals surface area contributed by atoms with E-state index in [1.54, 1.807) is 6.07 Å². The summed E-state index contributed by atoms with van der Waals surface area (Å²) >= 11 is 5.00. The number of benzene rings is 1. The second-order valence-corrected chi connectivity index (χ2v) is 4.51. The minimum Gasteiger partial charge on any atom is -0.481 e. The predicted molar refractivity (Wildman–Crippen MR) is 58.2 cm³/mol. The standard InChI is InChI=1S/C8H5BrFIO2/c9-5-1-4(2-7(12)13)8(10)6(11)3-5/h1,3H,2H2,(H,12,13). The monoisotopic (exact) mass is 358 g/mol. The molecule has 0 spiro atoms. The molecule has 0 amide bonds. The maximum Gasteiger partial charge on any atom is 0.307 e. The van der Waals surface area contributed by atoms with E-state index in [4.69, 9.17) is 5.11 Å². The highest BCUT2D eigenvalue weighted by molar-refractivity contribution is 14.1. The van der Waals surface area contributed by atoms with Crippen LogP contribution >= 0.6 is 38.5 Å². The highest BCUT2D eigenvalue weighted by atomic mass is 127. The van der Waals surface area contributed by atoms with E-state index in [0.717, 1.165) is 0 Å². The molecule has 1 rings (SSSR count). The topological polar surface area (TPSA) is 37.3 Å². The molecule has 2 nitrogen and oxygen atoms in total. The average molecular weight is 359 g/mol. The molecule has 0 saturated heterocycles. The normalized spacial score (nSPS) is 10.1. The third-order valence-corrected chi connectivity index (χ3v) is 2.65. The number of rotatable bonds is 2. The van der Waals surface area contributed by atoms with E-state index in [9.17, 15) is 9.18 Å². The van der Waals surface area contributed by atoms with Crippen LogP contribution in [-0.2, 0) is 11.2 Å². The van der Waals surface area contributed by atoms with Gasteiger partial charge in [-0.2, -0.15) is 0 Å². The van der Waals surface area contributed by atoms with E-state index in [1.165, 1.54) is 6.07 Å². The van der Waals surface area contributed by atoms with Gasteiger partial charge in [0, 0.05) is 10.0 Å². The van der Waals surface area contributed by atoms with Crippen molar-refractivity contribution in [1.29, 1.82) is 0 Å². The van der Waals surface area contributed by atoms with Gasteiger partial charge in [0.2, 0.25) is 0 Å². The molecule has 0 atom stereocenters. The van der Waals surface area contributed by atoms with Gasteiger partial charge >= 0.3 is 5.97 Å². The lowest BCUT2D eigenvalue weighted by Crippen LogP contribution is -2.03. The summed E-state index contributed by atoms with van der Waals surface area (Å²) in [5, 5.41) is 8.49. The highest BCUT2D eigenvalue weighted by Crippen LogP contribution is 2.22. The van der Waals surface area contributed by atoms with Gasteiger partial charge in [-0.25, -0.2) is 4.39 Å². The Morgan fingerprint density at radius 3 is 2.77 bits per heavy atom. The molecule has 0 aliphatic rings. The Morgan fingerprint density at radius 1 is 1.62 bits per heavy atom. The molecule has 1 N–H and O–H groups in total. The fourth-order valence-corrected chi connectivity index (χ4v) is 2.52. The van der Waals surface area contributed by atoms with Crippen LogP contribution in [0.25, 0.3) is 0 Å². The first-order chi connectivity index (χ1) is 6.00. The number of halogens is 3. The second kappa shape index (κ2) is 4.36. The fourth-order valence-electron chi connectivity index (χ4n) is 0.901. The number of carboxylic acids is 1. The lowest BCUT2D eigenvalue weighted by molar-refractivity contribution is -0.136. The molecular weight excluding hydrogens is 354 g/mol. The van der Waals surface area contributed by atoms with Crippen LogP contribution < -0.4 is 0 Å². The minimum atomic E-state index is -1.03. The van der Waals surface area contributed by atoms with Crippen molar-refractivity contribution in [2.24, 2.45) is 0 Å². The summed E-state index contributed by atoms with van der Waals surface area (Å²) in [6, 6.07) is 3.08. The van der Waals surface area contributed by atoms with Crippen LogP contribution in [0, 0.1) is 9.39 Å². The zero-order valence-electron chi connectivity index (χ0n) is 6.35. The van der Waals surface area contributed by atoms with Crippen molar-refractivity contribution in [1.82, 2.24) is 0 Å². The molecule has 0 aromatic heterocycles. The molecule has 1 aromatic carbocycles. The van der Waals surface area contributed by atoms with Crippen LogP contribution in [0.2, 0.25) is 0 Å². The second-order valence-electron chi connectivity index (χ2n) is 2.43. The van der Waals surface area contributed by atoms with Crippen molar-refractivity contribution in [3.8, 4) is 0 Å². The molecule has 70 valence electrons. The first-order valence-corrected chi connectivity index (χ1v) is 5.23. The van der Waals surface area contributed by atoms with Gasteiger partial charge in [-0.3, -0.25) is 4.79 Å². The molecule has 0 bridgehead atoms. The molecule has 5 heteroatoms. The molecule has 1 aromatic rings.